The minimum Gasteiger partial charge on any atom is -0.399 e. The standard InChI is InChI=1S/C6H8N2.2ClH.H3N/c7-5-1-2-6(8)4-3-5;;;/h1-4H,7-8H2;2*1H;1H3. The number of anilines is 2. The van der Waals surface area contributed by atoms with E-state index < -0.39 is 0 Å². The first-order valence-corrected chi connectivity index (χ1v) is 2.40. The molecule has 0 spiro atoms. The molecule has 0 heterocycles. The van der Waals surface area contributed by atoms with E-state index in [-0.39, 0.29) is 31.0 Å². The lowest BCUT2D eigenvalue weighted by Gasteiger charge is -1.90. The van der Waals surface area contributed by atoms with Gasteiger partial charge in [-0.05, 0) is 24.3 Å². The van der Waals surface area contributed by atoms with Gasteiger partial charge in [-0.15, -0.1) is 24.8 Å². The van der Waals surface area contributed by atoms with E-state index in [0.717, 1.165) is 11.4 Å². The van der Waals surface area contributed by atoms with Gasteiger partial charge in [0.2, 0.25) is 0 Å². The zero-order valence-corrected chi connectivity index (χ0v) is 7.62. The summed E-state index contributed by atoms with van der Waals surface area (Å²) in [5.41, 5.74) is 12.2. The van der Waals surface area contributed by atoms with E-state index in [1.54, 1.807) is 24.3 Å². The molecular formula is C6H13Cl2N3. The monoisotopic (exact) mass is 197 g/mol. The number of hydrogen-bond donors (Lipinski definition) is 3. The highest BCUT2D eigenvalue weighted by Crippen LogP contribution is 2.04. The van der Waals surface area contributed by atoms with Gasteiger partial charge in [0.25, 0.3) is 0 Å². The Bertz CT molecular complexity index is 155. The molecule has 0 aliphatic heterocycles. The molecule has 1 rings (SSSR count). The van der Waals surface area contributed by atoms with Gasteiger partial charge in [-0.3, -0.25) is 0 Å². The molecule has 5 heteroatoms. The third-order valence-corrected chi connectivity index (χ3v) is 0.936. The lowest BCUT2D eigenvalue weighted by atomic mass is 10.3. The van der Waals surface area contributed by atoms with Crippen LogP contribution in [0, 0.1) is 0 Å². The first-order chi connectivity index (χ1) is 3.79. The van der Waals surface area contributed by atoms with E-state index in [4.69, 9.17) is 11.5 Å². The summed E-state index contributed by atoms with van der Waals surface area (Å²) in [6.07, 6.45) is 0. The Hall–Kier alpha value is -0.640. The van der Waals surface area contributed by atoms with Crippen molar-refractivity contribution in [2.24, 2.45) is 0 Å². The molecule has 1 aromatic carbocycles. The van der Waals surface area contributed by atoms with E-state index in [2.05, 4.69) is 0 Å². The van der Waals surface area contributed by atoms with Crippen LogP contribution >= 0.6 is 24.8 Å². The van der Waals surface area contributed by atoms with Crippen molar-refractivity contribution >= 4 is 36.2 Å². The Labute approximate surface area is 78.6 Å². The normalized spacial score (nSPS) is 6.55. The van der Waals surface area contributed by atoms with Crippen LogP contribution in [0.3, 0.4) is 0 Å². The topological polar surface area (TPSA) is 87.0 Å². The van der Waals surface area contributed by atoms with E-state index in [1.807, 2.05) is 0 Å². The lowest BCUT2D eigenvalue weighted by molar-refractivity contribution is 1.67. The molecule has 0 atom stereocenters. The zero-order chi connectivity index (χ0) is 5.98. The fourth-order valence-electron chi connectivity index (χ4n) is 0.496. The minimum absolute atomic E-state index is 0. The summed E-state index contributed by atoms with van der Waals surface area (Å²) in [4.78, 5) is 0. The van der Waals surface area contributed by atoms with Gasteiger partial charge in [0, 0.05) is 11.4 Å². The summed E-state index contributed by atoms with van der Waals surface area (Å²) in [6, 6.07) is 7.09. The molecule has 0 radical (unpaired) electrons. The molecule has 0 aliphatic rings. The summed E-state index contributed by atoms with van der Waals surface area (Å²) in [5, 5.41) is 0. The number of nitrogens with two attached hydrogens (primary N) is 2. The van der Waals surface area contributed by atoms with E-state index >= 15 is 0 Å². The number of halogens is 2. The molecule has 0 saturated carbocycles. The molecule has 11 heavy (non-hydrogen) atoms. The second-order valence-corrected chi connectivity index (χ2v) is 1.67. The summed E-state index contributed by atoms with van der Waals surface area (Å²) in [7, 11) is 0. The smallest absolute Gasteiger partial charge is 0.0315 e. The van der Waals surface area contributed by atoms with Crippen molar-refractivity contribution in [3.05, 3.63) is 24.3 Å². The van der Waals surface area contributed by atoms with Crippen LogP contribution in [0.5, 0.6) is 0 Å². The number of hydrogen-bond acceptors (Lipinski definition) is 3. The van der Waals surface area contributed by atoms with E-state index in [1.165, 1.54) is 0 Å². The van der Waals surface area contributed by atoms with Gasteiger partial charge in [-0.2, -0.15) is 0 Å². The van der Waals surface area contributed by atoms with Crippen molar-refractivity contribution in [3.8, 4) is 0 Å². The maximum absolute atomic E-state index is 5.37. The molecule has 0 aliphatic carbocycles. The van der Waals surface area contributed by atoms with Gasteiger partial charge in [0.05, 0.1) is 0 Å². The molecule has 0 amide bonds. The third kappa shape index (κ3) is 5.79. The van der Waals surface area contributed by atoms with Gasteiger partial charge >= 0.3 is 0 Å². The lowest BCUT2D eigenvalue weighted by Crippen LogP contribution is -1.86. The van der Waals surface area contributed by atoms with Crippen LogP contribution < -0.4 is 17.6 Å². The van der Waals surface area contributed by atoms with E-state index in [9.17, 15) is 0 Å². The average molecular weight is 198 g/mol. The van der Waals surface area contributed by atoms with Crippen molar-refractivity contribution < 1.29 is 0 Å². The highest BCUT2D eigenvalue weighted by molar-refractivity contribution is 5.85. The molecular weight excluding hydrogens is 185 g/mol. The van der Waals surface area contributed by atoms with Gasteiger partial charge < -0.3 is 17.6 Å². The second kappa shape index (κ2) is 7.47. The fourth-order valence-corrected chi connectivity index (χ4v) is 0.496. The Morgan fingerprint density at radius 1 is 0.727 bits per heavy atom. The molecule has 0 aromatic heterocycles. The van der Waals surface area contributed by atoms with Crippen LogP contribution in [0.4, 0.5) is 11.4 Å². The van der Waals surface area contributed by atoms with Crippen LogP contribution in [-0.4, -0.2) is 0 Å². The highest BCUT2D eigenvalue weighted by Gasteiger charge is 1.80. The van der Waals surface area contributed by atoms with Crippen molar-refractivity contribution in [2.45, 2.75) is 0 Å². The first kappa shape index (κ1) is 16.8. The average Bonchev–Trinajstić information content (AvgIpc) is 1.77. The molecule has 0 fully saturated rings. The molecule has 0 unspecified atom stereocenters. The summed E-state index contributed by atoms with van der Waals surface area (Å²) < 4.78 is 0. The quantitative estimate of drug-likeness (QED) is 0.556. The van der Waals surface area contributed by atoms with Gasteiger partial charge in [0.15, 0.2) is 0 Å². The fraction of sp³-hybridized carbons (Fsp3) is 0. The van der Waals surface area contributed by atoms with Crippen LogP contribution in [0.2, 0.25) is 0 Å². The van der Waals surface area contributed by atoms with Gasteiger partial charge in [0.1, 0.15) is 0 Å². The van der Waals surface area contributed by atoms with Crippen molar-refractivity contribution in [3.63, 3.8) is 0 Å². The first-order valence-electron chi connectivity index (χ1n) is 2.40. The predicted molar refractivity (Wildman–Crippen MR) is 54.8 cm³/mol. The van der Waals surface area contributed by atoms with Gasteiger partial charge in [-0.1, -0.05) is 0 Å². The Balaban J connectivity index is -0.000000213. The molecule has 66 valence electrons. The molecule has 7 N–H and O–H groups in total. The van der Waals surface area contributed by atoms with Crippen LogP contribution in [0.15, 0.2) is 24.3 Å². The summed E-state index contributed by atoms with van der Waals surface area (Å²) >= 11 is 0. The highest BCUT2D eigenvalue weighted by atomic mass is 35.5. The zero-order valence-electron chi connectivity index (χ0n) is 5.99. The summed E-state index contributed by atoms with van der Waals surface area (Å²) in [6.45, 7) is 0. The maximum atomic E-state index is 5.37. The maximum Gasteiger partial charge on any atom is 0.0315 e. The van der Waals surface area contributed by atoms with Crippen molar-refractivity contribution in [2.75, 3.05) is 11.5 Å². The minimum atomic E-state index is 0. The molecule has 0 saturated heterocycles. The predicted octanol–water partition coefficient (Wildman–Crippen LogP) is 1.86. The molecule has 1 aromatic rings. The Kier molecular flexibility index (Phi) is 11.4. The second-order valence-electron chi connectivity index (χ2n) is 1.67. The van der Waals surface area contributed by atoms with Crippen LogP contribution in [-0.2, 0) is 0 Å². The van der Waals surface area contributed by atoms with Crippen molar-refractivity contribution in [1.29, 1.82) is 0 Å². The Morgan fingerprint density at radius 3 is 1.09 bits per heavy atom. The van der Waals surface area contributed by atoms with Crippen LogP contribution in [0.1, 0.15) is 0 Å². The Morgan fingerprint density at radius 2 is 0.909 bits per heavy atom. The molecule has 3 nitrogen and oxygen atoms in total. The largest absolute Gasteiger partial charge is 0.399 e. The van der Waals surface area contributed by atoms with Crippen LogP contribution in [0.25, 0.3) is 0 Å². The van der Waals surface area contributed by atoms with Gasteiger partial charge in [-0.25, -0.2) is 0 Å². The van der Waals surface area contributed by atoms with E-state index in [0.29, 0.717) is 0 Å². The third-order valence-electron chi connectivity index (χ3n) is 0.936. The number of benzene rings is 1. The summed E-state index contributed by atoms with van der Waals surface area (Å²) in [5.74, 6) is 0. The number of rotatable bonds is 0. The molecule has 0 bridgehead atoms. The number of nitrogen functional groups attached to an aromatic ring is 2. The SMILES string of the molecule is Cl.Cl.N.Nc1ccc(N)cc1. The van der Waals surface area contributed by atoms with Crippen molar-refractivity contribution in [1.82, 2.24) is 6.15 Å².